The van der Waals surface area contributed by atoms with Crippen molar-refractivity contribution in [3.05, 3.63) is 29.8 Å². The Bertz CT molecular complexity index is 675. The zero-order chi connectivity index (χ0) is 17.8. The molecule has 2 heterocycles. The van der Waals surface area contributed by atoms with E-state index in [9.17, 15) is 14.4 Å². The Kier molecular flexibility index (Phi) is 5.33. The van der Waals surface area contributed by atoms with E-state index in [1.165, 1.54) is 4.90 Å². The van der Waals surface area contributed by atoms with E-state index in [-0.39, 0.29) is 31.4 Å². The van der Waals surface area contributed by atoms with Crippen LogP contribution in [0, 0.1) is 0 Å². The summed E-state index contributed by atoms with van der Waals surface area (Å²) >= 11 is 0. The number of benzene rings is 1. The third-order valence-electron chi connectivity index (χ3n) is 4.66. The van der Waals surface area contributed by atoms with Crippen molar-refractivity contribution in [3.63, 3.8) is 0 Å². The second-order valence-electron chi connectivity index (χ2n) is 6.32. The van der Waals surface area contributed by atoms with E-state index in [4.69, 9.17) is 9.84 Å². The zero-order valence-electron chi connectivity index (χ0n) is 14.0. The maximum atomic E-state index is 12.3. The molecule has 0 unspecified atom stereocenters. The van der Waals surface area contributed by atoms with E-state index in [2.05, 4.69) is 0 Å². The molecule has 1 aromatic carbocycles. The first-order chi connectivity index (χ1) is 12.1. The van der Waals surface area contributed by atoms with E-state index in [0.717, 1.165) is 17.7 Å². The van der Waals surface area contributed by atoms with Gasteiger partial charge < -0.3 is 19.6 Å². The molecule has 1 fully saturated rings. The Morgan fingerprint density at radius 1 is 1.24 bits per heavy atom. The number of ether oxygens (including phenoxy) is 1. The topological polar surface area (TPSA) is 87.2 Å². The molecular formula is C18H22N2O5. The van der Waals surface area contributed by atoms with Crippen LogP contribution in [0.5, 0.6) is 0 Å². The summed E-state index contributed by atoms with van der Waals surface area (Å²) in [5, 5.41) is 9.00. The van der Waals surface area contributed by atoms with E-state index in [1.54, 1.807) is 4.90 Å². The zero-order valence-corrected chi connectivity index (χ0v) is 14.0. The number of hydrogen-bond donors (Lipinski definition) is 1. The number of para-hydroxylation sites is 1. The lowest BCUT2D eigenvalue weighted by atomic mass is 10.0. The lowest BCUT2D eigenvalue weighted by Gasteiger charge is -2.32. The summed E-state index contributed by atoms with van der Waals surface area (Å²) < 4.78 is 5.13. The minimum absolute atomic E-state index is 0.0830. The number of hydrogen-bond acceptors (Lipinski definition) is 4. The van der Waals surface area contributed by atoms with Crippen LogP contribution in [0.4, 0.5) is 5.69 Å². The lowest BCUT2D eigenvalue weighted by Crippen LogP contribution is -2.48. The molecule has 134 valence electrons. The molecular weight excluding hydrogens is 324 g/mol. The number of rotatable bonds is 5. The highest BCUT2D eigenvalue weighted by atomic mass is 16.5. The second-order valence-corrected chi connectivity index (χ2v) is 6.32. The Balaban J connectivity index is 1.53. The van der Waals surface area contributed by atoms with Crippen LogP contribution in [0.25, 0.3) is 0 Å². The van der Waals surface area contributed by atoms with Crippen molar-refractivity contribution in [1.29, 1.82) is 0 Å². The standard InChI is InChI=1S/C18H22N2O5/c21-16(19-10-11-25-15(12-19)18(23)24)6-3-9-20-14-5-2-1-4-13(14)7-8-17(20)22/h1-2,4-5,15H,3,6-12H2,(H,23,24)/t15-/m1/s1. The van der Waals surface area contributed by atoms with Crippen LogP contribution >= 0.6 is 0 Å². The molecule has 25 heavy (non-hydrogen) atoms. The third-order valence-corrected chi connectivity index (χ3v) is 4.66. The molecule has 0 spiro atoms. The Morgan fingerprint density at radius 3 is 2.84 bits per heavy atom. The van der Waals surface area contributed by atoms with Crippen molar-refractivity contribution < 1.29 is 24.2 Å². The van der Waals surface area contributed by atoms with E-state index >= 15 is 0 Å². The van der Waals surface area contributed by atoms with Gasteiger partial charge in [-0.2, -0.15) is 0 Å². The summed E-state index contributed by atoms with van der Waals surface area (Å²) in [5.41, 5.74) is 2.09. The number of anilines is 1. The molecule has 2 amide bonds. The number of carbonyl (C=O) groups is 3. The molecule has 7 heteroatoms. The van der Waals surface area contributed by atoms with E-state index < -0.39 is 12.1 Å². The molecule has 0 aliphatic carbocycles. The normalized spacial score (nSPS) is 20.3. The van der Waals surface area contributed by atoms with Crippen molar-refractivity contribution in [1.82, 2.24) is 4.90 Å². The summed E-state index contributed by atoms with van der Waals surface area (Å²) in [7, 11) is 0. The summed E-state index contributed by atoms with van der Waals surface area (Å²) in [4.78, 5) is 38.8. The van der Waals surface area contributed by atoms with Gasteiger partial charge in [-0.15, -0.1) is 0 Å². The SMILES string of the molecule is O=C(O)[C@H]1CN(C(=O)CCCN2C(=O)CCc3ccccc32)CCO1. The molecule has 2 aliphatic heterocycles. The third kappa shape index (κ3) is 3.99. The molecule has 3 rings (SSSR count). The molecule has 1 aromatic rings. The maximum absolute atomic E-state index is 12.3. The van der Waals surface area contributed by atoms with Crippen molar-refractivity contribution >= 4 is 23.5 Å². The fourth-order valence-corrected chi connectivity index (χ4v) is 3.31. The van der Waals surface area contributed by atoms with Crippen molar-refractivity contribution in [2.75, 3.05) is 31.1 Å². The fraction of sp³-hybridized carbons (Fsp3) is 0.500. The van der Waals surface area contributed by atoms with Crippen LogP contribution < -0.4 is 4.90 Å². The number of amides is 2. The van der Waals surface area contributed by atoms with Gasteiger partial charge in [0.05, 0.1) is 13.2 Å². The van der Waals surface area contributed by atoms with Gasteiger partial charge in [-0.25, -0.2) is 4.79 Å². The van der Waals surface area contributed by atoms with Gasteiger partial charge in [0.2, 0.25) is 11.8 Å². The number of fused-ring (bicyclic) bond motifs is 1. The molecule has 0 saturated carbocycles. The van der Waals surface area contributed by atoms with Crippen LogP contribution in [0.3, 0.4) is 0 Å². The van der Waals surface area contributed by atoms with Crippen molar-refractivity contribution in [2.24, 2.45) is 0 Å². The minimum Gasteiger partial charge on any atom is -0.479 e. The number of carboxylic acid groups (broad SMARTS) is 1. The highest BCUT2D eigenvalue weighted by Crippen LogP contribution is 2.27. The maximum Gasteiger partial charge on any atom is 0.334 e. The Labute approximate surface area is 146 Å². The van der Waals surface area contributed by atoms with Crippen LogP contribution in [-0.4, -0.2) is 60.1 Å². The minimum atomic E-state index is -1.05. The summed E-state index contributed by atoms with van der Waals surface area (Å²) in [6, 6.07) is 7.84. The molecule has 0 bridgehead atoms. The molecule has 1 N–H and O–H groups in total. The van der Waals surface area contributed by atoms with E-state index in [1.807, 2.05) is 24.3 Å². The van der Waals surface area contributed by atoms with Gasteiger partial charge in [0.1, 0.15) is 0 Å². The summed E-state index contributed by atoms with van der Waals surface area (Å²) in [5.74, 6) is -1.05. The highest BCUT2D eigenvalue weighted by molar-refractivity contribution is 5.96. The fourth-order valence-electron chi connectivity index (χ4n) is 3.31. The number of aryl methyl sites for hydroxylation is 1. The average molecular weight is 346 g/mol. The molecule has 7 nitrogen and oxygen atoms in total. The van der Waals surface area contributed by atoms with Crippen LogP contribution in [0.15, 0.2) is 24.3 Å². The first kappa shape index (κ1) is 17.4. The second kappa shape index (κ2) is 7.65. The molecule has 2 aliphatic rings. The monoisotopic (exact) mass is 346 g/mol. The summed E-state index contributed by atoms with van der Waals surface area (Å²) in [6.45, 7) is 1.22. The largest absolute Gasteiger partial charge is 0.479 e. The first-order valence-corrected chi connectivity index (χ1v) is 8.56. The Hall–Kier alpha value is -2.41. The lowest BCUT2D eigenvalue weighted by molar-refractivity contribution is -0.159. The van der Waals surface area contributed by atoms with Crippen LogP contribution in [0.2, 0.25) is 0 Å². The van der Waals surface area contributed by atoms with Gasteiger partial charge in [-0.1, -0.05) is 18.2 Å². The van der Waals surface area contributed by atoms with E-state index in [0.29, 0.717) is 25.9 Å². The van der Waals surface area contributed by atoms with Gasteiger partial charge in [-0.05, 0) is 24.5 Å². The first-order valence-electron chi connectivity index (χ1n) is 8.56. The van der Waals surface area contributed by atoms with Crippen LogP contribution in [0.1, 0.15) is 24.8 Å². The van der Waals surface area contributed by atoms with Gasteiger partial charge in [0, 0.05) is 31.6 Å². The number of morpholine rings is 1. The van der Waals surface area contributed by atoms with Gasteiger partial charge in [0.25, 0.3) is 0 Å². The van der Waals surface area contributed by atoms with Crippen molar-refractivity contribution in [2.45, 2.75) is 31.8 Å². The number of carboxylic acids is 1. The highest BCUT2D eigenvalue weighted by Gasteiger charge is 2.29. The van der Waals surface area contributed by atoms with Gasteiger partial charge >= 0.3 is 5.97 Å². The van der Waals surface area contributed by atoms with Crippen LogP contribution in [-0.2, 0) is 25.5 Å². The smallest absolute Gasteiger partial charge is 0.334 e. The average Bonchev–Trinajstić information content (AvgIpc) is 2.63. The molecule has 0 radical (unpaired) electrons. The summed E-state index contributed by atoms with van der Waals surface area (Å²) in [6.07, 6.45) is 1.14. The predicted molar refractivity (Wildman–Crippen MR) is 90.3 cm³/mol. The predicted octanol–water partition coefficient (Wildman–Crippen LogP) is 1.06. The molecule has 1 atom stereocenters. The van der Waals surface area contributed by atoms with Gasteiger partial charge in [-0.3, -0.25) is 9.59 Å². The number of nitrogens with zero attached hydrogens (tertiary/aromatic N) is 2. The quantitative estimate of drug-likeness (QED) is 0.861. The Morgan fingerprint density at radius 2 is 2.04 bits per heavy atom. The molecule has 0 aromatic heterocycles. The van der Waals surface area contributed by atoms with Gasteiger partial charge in [0.15, 0.2) is 6.10 Å². The van der Waals surface area contributed by atoms with Crippen molar-refractivity contribution in [3.8, 4) is 0 Å². The number of aliphatic carboxylic acids is 1. The molecule has 1 saturated heterocycles. The number of carbonyl (C=O) groups excluding carboxylic acids is 2.